The molecule has 0 bridgehead atoms. The molecule has 1 aliphatic rings. The van der Waals surface area contributed by atoms with Gasteiger partial charge in [-0.25, -0.2) is 4.79 Å². The van der Waals surface area contributed by atoms with Crippen molar-refractivity contribution in [2.45, 2.75) is 12.8 Å². The van der Waals surface area contributed by atoms with Gasteiger partial charge in [-0.05, 0) is 24.0 Å². The first-order valence-electron chi connectivity index (χ1n) is 5.93. The van der Waals surface area contributed by atoms with E-state index in [4.69, 9.17) is 10.0 Å². The van der Waals surface area contributed by atoms with E-state index in [1.54, 1.807) is 0 Å². The lowest BCUT2D eigenvalue weighted by atomic mass is 9.79. The number of amides is 1. The number of hydrogen-bond acceptors (Lipinski definition) is 5. The van der Waals surface area contributed by atoms with Crippen molar-refractivity contribution in [1.82, 2.24) is 0 Å². The SMILES string of the molecule is COC(=O)c1cc(B(O)O)ccc1N1CCCC1=O. The van der Waals surface area contributed by atoms with Gasteiger partial charge in [0.05, 0.1) is 18.4 Å². The fraction of sp³-hybridized carbons (Fsp3) is 0.333. The molecule has 0 saturated carbocycles. The van der Waals surface area contributed by atoms with Crippen LogP contribution < -0.4 is 10.4 Å². The van der Waals surface area contributed by atoms with Gasteiger partial charge in [-0.3, -0.25) is 4.79 Å². The molecule has 0 radical (unpaired) electrons. The summed E-state index contributed by atoms with van der Waals surface area (Å²) in [4.78, 5) is 25.0. The van der Waals surface area contributed by atoms with Crippen molar-refractivity contribution in [2.24, 2.45) is 0 Å². The molecule has 0 aliphatic carbocycles. The Labute approximate surface area is 110 Å². The van der Waals surface area contributed by atoms with Gasteiger partial charge in [0, 0.05) is 13.0 Å². The van der Waals surface area contributed by atoms with Crippen LogP contribution in [-0.4, -0.2) is 42.7 Å². The van der Waals surface area contributed by atoms with E-state index in [9.17, 15) is 9.59 Å². The molecule has 19 heavy (non-hydrogen) atoms. The third-order valence-electron chi connectivity index (χ3n) is 3.09. The van der Waals surface area contributed by atoms with Gasteiger partial charge in [0.25, 0.3) is 0 Å². The van der Waals surface area contributed by atoms with Crippen molar-refractivity contribution in [2.75, 3.05) is 18.6 Å². The summed E-state index contributed by atoms with van der Waals surface area (Å²) in [5.41, 5.74) is 0.776. The molecule has 1 aliphatic heterocycles. The molecule has 1 heterocycles. The van der Waals surface area contributed by atoms with Crippen molar-refractivity contribution in [3.05, 3.63) is 23.8 Å². The van der Waals surface area contributed by atoms with E-state index in [2.05, 4.69) is 4.74 Å². The van der Waals surface area contributed by atoms with Gasteiger partial charge in [-0.15, -0.1) is 0 Å². The van der Waals surface area contributed by atoms with Crippen LogP contribution in [0.15, 0.2) is 18.2 Å². The van der Waals surface area contributed by atoms with E-state index >= 15 is 0 Å². The number of methoxy groups -OCH3 is 1. The summed E-state index contributed by atoms with van der Waals surface area (Å²) in [5.74, 6) is -0.667. The molecule has 2 rings (SSSR count). The van der Waals surface area contributed by atoms with Gasteiger partial charge in [0.1, 0.15) is 0 Å². The second-order valence-corrected chi connectivity index (χ2v) is 4.29. The maximum absolute atomic E-state index is 11.7. The molecule has 0 spiro atoms. The molecule has 1 fully saturated rings. The first-order valence-corrected chi connectivity index (χ1v) is 5.93. The van der Waals surface area contributed by atoms with Gasteiger partial charge >= 0.3 is 13.1 Å². The number of anilines is 1. The average Bonchev–Trinajstić information content (AvgIpc) is 2.83. The van der Waals surface area contributed by atoms with Crippen LogP contribution in [-0.2, 0) is 9.53 Å². The zero-order chi connectivity index (χ0) is 14.0. The Bertz CT molecular complexity index is 517. The Balaban J connectivity index is 2.47. The van der Waals surface area contributed by atoms with Crippen LogP contribution in [0.3, 0.4) is 0 Å². The average molecular weight is 263 g/mol. The summed E-state index contributed by atoms with van der Waals surface area (Å²) < 4.78 is 4.67. The summed E-state index contributed by atoms with van der Waals surface area (Å²) >= 11 is 0. The number of hydrogen-bond donors (Lipinski definition) is 2. The standard InChI is InChI=1S/C12H14BNO5/c1-19-12(16)9-7-8(13(17)18)4-5-10(9)14-6-2-3-11(14)15/h4-5,7,17-18H,2-3,6H2,1H3. The summed E-state index contributed by atoms with van der Waals surface area (Å²) in [6, 6.07) is 4.33. The van der Waals surface area contributed by atoms with E-state index in [0.29, 0.717) is 18.7 Å². The number of benzene rings is 1. The topological polar surface area (TPSA) is 87.1 Å². The van der Waals surface area contributed by atoms with Crippen molar-refractivity contribution in [1.29, 1.82) is 0 Å². The fourth-order valence-electron chi connectivity index (χ4n) is 2.13. The summed E-state index contributed by atoms with van der Waals surface area (Å²) in [5, 5.41) is 18.3. The molecule has 100 valence electrons. The molecule has 0 aromatic heterocycles. The van der Waals surface area contributed by atoms with Crippen LogP contribution in [0.1, 0.15) is 23.2 Å². The van der Waals surface area contributed by atoms with Crippen LogP contribution in [0.25, 0.3) is 0 Å². The lowest BCUT2D eigenvalue weighted by Crippen LogP contribution is -2.32. The predicted octanol–water partition coefficient (Wildman–Crippen LogP) is -0.720. The Morgan fingerprint density at radius 1 is 1.42 bits per heavy atom. The highest BCUT2D eigenvalue weighted by atomic mass is 16.5. The number of ether oxygens (including phenoxy) is 1. The molecule has 1 aromatic rings. The molecule has 1 saturated heterocycles. The van der Waals surface area contributed by atoms with Gasteiger partial charge in [0.2, 0.25) is 5.91 Å². The number of carbonyl (C=O) groups is 2. The molecule has 2 N–H and O–H groups in total. The van der Waals surface area contributed by atoms with E-state index < -0.39 is 13.1 Å². The third-order valence-corrected chi connectivity index (χ3v) is 3.09. The molecular weight excluding hydrogens is 249 g/mol. The normalized spacial score (nSPS) is 14.7. The zero-order valence-corrected chi connectivity index (χ0v) is 10.5. The predicted molar refractivity (Wildman–Crippen MR) is 69.2 cm³/mol. The van der Waals surface area contributed by atoms with Crippen molar-refractivity contribution in [3.63, 3.8) is 0 Å². The van der Waals surface area contributed by atoms with Crippen molar-refractivity contribution < 1.29 is 24.4 Å². The smallest absolute Gasteiger partial charge is 0.465 e. The fourth-order valence-corrected chi connectivity index (χ4v) is 2.13. The quantitative estimate of drug-likeness (QED) is 0.555. The summed E-state index contributed by atoms with van der Waals surface area (Å²) in [6.45, 7) is 0.545. The lowest BCUT2D eigenvalue weighted by molar-refractivity contribution is -0.117. The van der Waals surface area contributed by atoms with Gasteiger partial charge < -0.3 is 19.7 Å². The third kappa shape index (κ3) is 2.62. The highest BCUT2D eigenvalue weighted by Gasteiger charge is 2.27. The maximum Gasteiger partial charge on any atom is 0.488 e. The monoisotopic (exact) mass is 263 g/mol. The van der Waals surface area contributed by atoms with Crippen LogP contribution in [0, 0.1) is 0 Å². The number of carbonyl (C=O) groups excluding carboxylic acids is 2. The minimum Gasteiger partial charge on any atom is -0.465 e. The maximum atomic E-state index is 11.7. The molecule has 7 heteroatoms. The van der Waals surface area contributed by atoms with Crippen molar-refractivity contribution >= 4 is 30.1 Å². The summed E-state index contributed by atoms with van der Waals surface area (Å²) in [7, 11) is -0.438. The largest absolute Gasteiger partial charge is 0.488 e. The first-order chi connectivity index (χ1) is 9.04. The van der Waals surface area contributed by atoms with Gasteiger partial charge in [-0.2, -0.15) is 0 Å². The zero-order valence-electron chi connectivity index (χ0n) is 10.5. The second kappa shape index (κ2) is 5.42. The van der Waals surface area contributed by atoms with Crippen LogP contribution in [0.4, 0.5) is 5.69 Å². The Hall–Kier alpha value is -1.86. The number of rotatable bonds is 3. The minimum absolute atomic E-state index is 0.0533. The highest BCUT2D eigenvalue weighted by molar-refractivity contribution is 6.58. The van der Waals surface area contributed by atoms with Gasteiger partial charge in [-0.1, -0.05) is 6.07 Å². The highest BCUT2D eigenvalue weighted by Crippen LogP contribution is 2.25. The Kier molecular flexibility index (Phi) is 3.87. The first kappa shape index (κ1) is 13.6. The van der Waals surface area contributed by atoms with Gasteiger partial charge in [0.15, 0.2) is 0 Å². The van der Waals surface area contributed by atoms with E-state index in [1.165, 1.54) is 30.2 Å². The Morgan fingerprint density at radius 3 is 2.68 bits per heavy atom. The Morgan fingerprint density at radius 2 is 2.16 bits per heavy atom. The molecule has 0 unspecified atom stereocenters. The van der Waals surface area contributed by atoms with E-state index in [1.807, 2.05) is 0 Å². The molecule has 1 amide bonds. The van der Waals surface area contributed by atoms with E-state index in [0.717, 1.165) is 6.42 Å². The molecular formula is C12H14BNO5. The van der Waals surface area contributed by atoms with Crippen molar-refractivity contribution in [3.8, 4) is 0 Å². The minimum atomic E-state index is -1.67. The van der Waals surface area contributed by atoms with Crippen LogP contribution in [0.5, 0.6) is 0 Å². The lowest BCUT2D eigenvalue weighted by Gasteiger charge is -2.19. The van der Waals surface area contributed by atoms with Crippen LogP contribution >= 0.6 is 0 Å². The molecule has 6 nitrogen and oxygen atoms in total. The summed E-state index contributed by atoms with van der Waals surface area (Å²) in [6.07, 6.45) is 1.19. The molecule has 0 atom stereocenters. The molecule has 1 aromatic carbocycles. The number of esters is 1. The van der Waals surface area contributed by atoms with Crippen LogP contribution in [0.2, 0.25) is 0 Å². The second-order valence-electron chi connectivity index (χ2n) is 4.29. The number of nitrogens with zero attached hydrogens (tertiary/aromatic N) is 1. The van der Waals surface area contributed by atoms with E-state index in [-0.39, 0.29) is 16.9 Å².